The van der Waals surface area contributed by atoms with Gasteiger partial charge in [0.1, 0.15) is 5.76 Å². The maximum absolute atomic E-state index is 5.73. The largest absolute Gasteiger partial charge is 0.448 e. The molecule has 19 heavy (non-hydrogen) atoms. The van der Waals surface area contributed by atoms with Crippen LogP contribution in [-0.2, 0) is 6.54 Å². The van der Waals surface area contributed by atoms with E-state index in [0.29, 0.717) is 11.8 Å². The van der Waals surface area contributed by atoms with E-state index in [2.05, 4.69) is 48.3 Å². The Bertz CT molecular complexity index is 503. The molecule has 0 atom stereocenters. The van der Waals surface area contributed by atoms with E-state index in [-0.39, 0.29) is 0 Å². The number of anilines is 2. The van der Waals surface area contributed by atoms with E-state index < -0.39 is 0 Å². The van der Waals surface area contributed by atoms with Crippen LogP contribution in [0.25, 0.3) is 0 Å². The molecule has 0 spiro atoms. The van der Waals surface area contributed by atoms with Gasteiger partial charge in [0, 0.05) is 24.5 Å². The molecule has 2 aromatic rings. The van der Waals surface area contributed by atoms with Gasteiger partial charge in [0.25, 0.3) is 0 Å². The summed E-state index contributed by atoms with van der Waals surface area (Å²) < 4.78 is 5.30. The van der Waals surface area contributed by atoms with Crippen LogP contribution in [0.2, 0.25) is 5.22 Å². The lowest BCUT2D eigenvalue weighted by Crippen LogP contribution is -2.21. The van der Waals surface area contributed by atoms with Crippen LogP contribution < -0.4 is 10.2 Å². The molecule has 3 nitrogen and oxygen atoms in total. The number of nitrogens with one attached hydrogen (secondary N) is 1. The zero-order chi connectivity index (χ0) is 13.7. The molecule has 102 valence electrons. The predicted octanol–water partition coefficient (Wildman–Crippen LogP) is 4.39. The van der Waals surface area contributed by atoms with Crippen LogP contribution in [0.5, 0.6) is 0 Å². The van der Waals surface area contributed by atoms with Gasteiger partial charge in [0.2, 0.25) is 0 Å². The van der Waals surface area contributed by atoms with Crippen molar-refractivity contribution in [3.8, 4) is 0 Å². The lowest BCUT2D eigenvalue weighted by atomic mass is 10.2. The number of nitrogens with zero attached hydrogens (tertiary/aromatic N) is 1. The van der Waals surface area contributed by atoms with Gasteiger partial charge in [0.15, 0.2) is 5.22 Å². The number of furan rings is 1. The highest BCUT2D eigenvalue weighted by Gasteiger charge is 2.02. The molecular formula is C15H19ClN2O. The quantitative estimate of drug-likeness (QED) is 0.849. The van der Waals surface area contributed by atoms with Crippen LogP contribution in [0.4, 0.5) is 11.4 Å². The minimum Gasteiger partial charge on any atom is -0.448 e. The van der Waals surface area contributed by atoms with E-state index in [1.54, 1.807) is 6.07 Å². The van der Waals surface area contributed by atoms with Gasteiger partial charge in [-0.05, 0) is 61.8 Å². The van der Waals surface area contributed by atoms with Crippen molar-refractivity contribution >= 4 is 23.0 Å². The number of rotatable bonds is 6. The Morgan fingerprint density at radius 1 is 1.05 bits per heavy atom. The van der Waals surface area contributed by atoms with Gasteiger partial charge in [-0.1, -0.05) is 0 Å². The monoisotopic (exact) mass is 278 g/mol. The Kier molecular flexibility index (Phi) is 4.74. The second-order valence-electron chi connectivity index (χ2n) is 4.28. The van der Waals surface area contributed by atoms with Crippen LogP contribution >= 0.6 is 11.6 Å². The van der Waals surface area contributed by atoms with E-state index in [1.165, 1.54) is 5.69 Å². The van der Waals surface area contributed by atoms with Crippen molar-refractivity contribution in [2.45, 2.75) is 20.4 Å². The second-order valence-corrected chi connectivity index (χ2v) is 4.65. The lowest BCUT2D eigenvalue weighted by molar-refractivity contribution is 0.520. The number of hydrogen-bond acceptors (Lipinski definition) is 3. The fraction of sp³-hybridized carbons (Fsp3) is 0.333. The molecule has 1 aromatic carbocycles. The van der Waals surface area contributed by atoms with Gasteiger partial charge in [-0.2, -0.15) is 0 Å². The number of benzene rings is 1. The van der Waals surface area contributed by atoms with Crippen LogP contribution in [0.15, 0.2) is 40.8 Å². The molecule has 0 saturated carbocycles. The maximum Gasteiger partial charge on any atom is 0.193 e. The molecule has 1 heterocycles. The van der Waals surface area contributed by atoms with E-state index in [0.717, 1.165) is 24.5 Å². The lowest BCUT2D eigenvalue weighted by Gasteiger charge is -2.21. The molecule has 0 aliphatic carbocycles. The average Bonchev–Trinajstić information content (AvgIpc) is 2.85. The summed E-state index contributed by atoms with van der Waals surface area (Å²) in [5.74, 6) is 0.831. The highest BCUT2D eigenvalue weighted by Crippen LogP contribution is 2.19. The predicted molar refractivity (Wildman–Crippen MR) is 81.0 cm³/mol. The maximum atomic E-state index is 5.73. The van der Waals surface area contributed by atoms with Crippen molar-refractivity contribution in [1.29, 1.82) is 0 Å². The Labute approximate surface area is 119 Å². The first kappa shape index (κ1) is 13.8. The van der Waals surface area contributed by atoms with Crippen LogP contribution in [0, 0.1) is 0 Å². The molecule has 0 unspecified atom stereocenters. The summed E-state index contributed by atoms with van der Waals surface area (Å²) >= 11 is 5.73. The van der Waals surface area contributed by atoms with Gasteiger partial charge in [-0.3, -0.25) is 0 Å². The summed E-state index contributed by atoms with van der Waals surface area (Å²) in [6, 6.07) is 12.0. The normalized spacial score (nSPS) is 10.5. The first-order valence-electron chi connectivity index (χ1n) is 6.56. The van der Waals surface area contributed by atoms with Crippen molar-refractivity contribution in [3.63, 3.8) is 0 Å². The van der Waals surface area contributed by atoms with Crippen molar-refractivity contribution in [2.24, 2.45) is 0 Å². The van der Waals surface area contributed by atoms with E-state index in [1.807, 2.05) is 6.07 Å². The highest BCUT2D eigenvalue weighted by molar-refractivity contribution is 6.28. The van der Waals surface area contributed by atoms with Crippen molar-refractivity contribution in [2.75, 3.05) is 23.3 Å². The fourth-order valence-electron chi connectivity index (χ4n) is 2.01. The molecule has 0 amide bonds. The molecule has 1 N–H and O–H groups in total. The summed E-state index contributed by atoms with van der Waals surface area (Å²) in [6.45, 7) is 7.01. The summed E-state index contributed by atoms with van der Waals surface area (Å²) in [5, 5.41) is 3.73. The summed E-state index contributed by atoms with van der Waals surface area (Å²) in [5.41, 5.74) is 2.32. The zero-order valence-corrected chi connectivity index (χ0v) is 12.1. The van der Waals surface area contributed by atoms with Crippen molar-refractivity contribution < 1.29 is 4.42 Å². The van der Waals surface area contributed by atoms with Crippen molar-refractivity contribution in [1.82, 2.24) is 0 Å². The summed E-state index contributed by atoms with van der Waals surface area (Å²) in [4.78, 5) is 2.32. The Morgan fingerprint density at radius 3 is 2.26 bits per heavy atom. The van der Waals surface area contributed by atoms with Gasteiger partial charge in [-0.15, -0.1) is 0 Å². The SMILES string of the molecule is CCN(CC)c1ccc(NCc2ccc(Cl)o2)cc1. The summed E-state index contributed by atoms with van der Waals surface area (Å²) in [7, 11) is 0. The summed E-state index contributed by atoms with van der Waals surface area (Å²) in [6.07, 6.45) is 0. The molecule has 4 heteroatoms. The molecule has 0 radical (unpaired) electrons. The molecule has 0 aliphatic rings. The first-order chi connectivity index (χ1) is 9.22. The topological polar surface area (TPSA) is 28.4 Å². The van der Waals surface area contributed by atoms with Crippen LogP contribution in [0.1, 0.15) is 19.6 Å². The van der Waals surface area contributed by atoms with Gasteiger partial charge < -0.3 is 14.6 Å². The molecule has 1 aromatic heterocycles. The van der Waals surface area contributed by atoms with Crippen molar-refractivity contribution in [3.05, 3.63) is 47.4 Å². The average molecular weight is 279 g/mol. The van der Waals surface area contributed by atoms with Gasteiger partial charge in [0.05, 0.1) is 6.54 Å². The molecule has 2 rings (SSSR count). The second kappa shape index (κ2) is 6.53. The standard InChI is InChI=1S/C15H19ClN2O/c1-3-18(4-2)13-7-5-12(6-8-13)17-11-14-9-10-15(16)19-14/h5-10,17H,3-4,11H2,1-2H3. The third kappa shape index (κ3) is 3.67. The number of halogens is 1. The van der Waals surface area contributed by atoms with Gasteiger partial charge >= 0.3 is 0 Å². The van der Waals surface area contributed by atoms with Gasteiger partial charge in [-0.25, -0.2) is 0 Å². The highest BCUT2D eigenvalue weighted by atomic mass is 35.5. The third-order valence-corrected chi connectivity index (χ3v) is 3.29. The number of hydrogen-bond donors (Lipinski definition) is 1. The van der Waals surface area contributed by atoms with Crippen LogP contribution in [0.3, 0.4) is 0 Å². The Morgan fingerprint density at radius 2 is 1.74 bits per heavy atom. The Hall–Kier alpha value is -1.61. The minimum atomic E-state index is 0.425. The van der Waals surface area contributed by atoms with E-state index in [9.17, 15) is 0 Å². The first-order valence-corrected chi connectivity index (χ1v) is 6.93. The van der Waals surface area contributed by atoms with E-state index >= 15 is 0 Å². The van der Waals surface area contributed by atoms with Crippen LogP contribution in [-0.4, -0.2) is 13.1 Å². The smallest absolute Gasteiger partial charge is 0.193 e. The molecule has 0 saturated heterocycles. The molecular weight excluding hydrogens is 260 g/mol. The minimum absolute atomic E-state index is 0.425. The van der Waals surface area contributed by atoms with E-state index in [4.69, 9.17) is 16.0 Å². The fourth-order valence-corrected chi connectivity index (χ4v) is 2.18. The zero-order valence-electron chi connectivity index (χ0n) is 11.3. The molecule has 0 bridgehead atoms. The molecule has 0 aliphatic heterocycles. The third-order valence-electron chi connectivity index (χ3n) is 3.09. The Balaban J connectivity index is 1.95. The molecule has 0 fully saturated rings.